The Morgan fingerprint density at radius 1 is 1.21 bits per heavy atom. The first-order valence-electron chi connectivity index (χ1n) is 9.58. The van der Waals surface area contributed by atoms with E-state index < -0.39 is 4.92 Å². The molecule has 0 saturated carbocycles. The van der Waals surface area contributed by atoms with Crippen LogP contribution in [0.1, 0.15) is 38.8 Å². The summed E-state index contributed by atoms with van der Waals surface area (Å²) in [5.74, 6) is 0.0798. The number of hydrogen-bond donors (Lipinski definition) is 2. The minimum Gasteiger partial charge on any atom is -0.494 e. The Balaban J connectivity index is 2.05. The molecule has 0 fully saturated rings. The van der Waals surface area contributed by atoms with E-state index >= 15 is 0 Å². The summed E-state index contributed by atoms with van der Waals surface area (Å²) in [5.41, 5.74) is 2.86. The van der Waals surface area contributed by atoms with Gasteiger partial charge in [0, 0.05) is 11.6 Å². The Morgan fingerprint density at radius 2 is 1.83 bits per heavy atom. The molecule has 156 valence electrons. The smallest absolute Gasteiger partial charge is 0.282 e. The van der Waals surface area contributed by atoms with Gasteiger partial charge in [0.1, 0.15) is 12.3 Å². The molecule has 0 heterocycles. The zero-order valence-corrected chi connectivity index (χ0v) is 17.9. The monoisotopic (exact) mass is 400 g/mol. The van der Waals surface area contributed by atoms with Gasteiger partial charge in [0.2, 0.25) is 0 Å². The largest absolute Gasteiger partial charge is 0.494 e. The number of nitro benzene ring substituents is 1. The fourth-order valence-corrected chi connectivity index (χ4v) is 2.96. The third-order valence-electron chi connectivity index (χ3n) is 5.09. The van der Waals surface area contributed by atoms with Crippen molar-refractivity contribution < 1.29 is 19.4 Å². The van der Waals surface area contributed by atoms with E-state index in [4.69, 9.17) is 4.74 Å². The third-order valence-corrected chi connectivity index (χ3v) is 5.09. The first-order valence-corrected chi connectivity index (χ1v) is 9.58. The molecule has 0 aliphatic heterocycles. The van der Waals surface area contributed by atoms with E-state index in [2.05, 4.69) is 50.4 Å². The maximum absolute atomic E-state index is 12.7. The van der Waals surface area contributed by atoms with E-state index in [1.54, 1.807) is 0 Å². The molecule has 2 rings (SSSR count). The van der Waals surface area contributed by atoms with Gasteiger partial charge < -0.3 is 15.0 Å². The van der Waals surface area contributed by atoms with E-state index in [0.29, 0.717) is 12.2 Å². The molecule has 2 aromatic rings. The van der Waals surface area contributed by atoms with Crippen LogP contribution in [0.5, 0.6) is 5.75 Å². The fourth-order valence-electron chi connectivity index (χ4n) is 2.96. The Kier molecular flexibility index (Phi) is 6.97. The summed E-state index contributed by atoms with van der Waals surface area (Å²) in [6.07, 6.45) is 0. The minimum atomic E-state index is -0.500. The van der Waals surface area contributed by atoms with Crippen molar-refractivity contribution in [1.82, 2.24) is 0 Å². The molecule has 7 heteroatoms. The normalized spacial score (nSPS) is 13.4. The van der Waals surface area contributed by atoms with Crippen molar-refractivity contribution in [2.45, 2.75) is 45.7 Å². The van der Waals surface area contributed by atoms with Crippen molar-refractivity contribution in [2.75, 3.05) is 19.5 Å². The molecule has 0 aliphatic carbocycles. The molecule has 2 N–H and O–H groups in total. The molecule has 7 nitrogen and oxygen atoms in total. The lowest BCUT2D eigenvalue weighted by atomic mass is 9.87. The number of methoxy groups -OCH3 is 1. The molecular formula is C22H30N3O4+. The van der Waals surface area contributed by atoms with E-state index in [9.17, 15) is 14.9 Å². The topological polar surface area (TPSA) is 85.9 Å². The Bertz CT molecular complexity index is 873. The highest BCUT2D eigenvalue weighted by atomic mass is 16.6. The highest BCUT2D eigenvalue weighted by molar-refractivity contribution is 5.95. The van der Waals surface area contributed by atoms with Crippen molar-refractivity contribution in [2.24, 2.45) is 0 Å². The number of anilines is 1. The summed E-state index contributed by atoms with van der Waals surface area (Å²) in [6.45, 7) is 9.09. The molecule has 29 heavy (non-hydrogen) atoms. The van der Waals surface area contributed by atoms with Crippen LogP contribution in [0, 0.1) is 10.1 Å². The summed E-state index contributed by atoms with van der Waals surface area (Å²) in [7, 11) is 3.38. The van der Waals surface area contributed by atoms with Gasteiger partial charge in [0.05, 0.1) is 30.8 Å². The second-order valence-electron chi connectivity index (χ2n) is 8.32. The van der Waals surface area contributed by atoms with Crippen molar-refractivity contribution in [1.29, 1.82) is 0 Å². The molecule has 0 saturated heterocycles. The summed E-state index contributed by atoms with van der Waals surface area (Å²) in [4.78, 5) is 24.1. The number of nitrogens with zero attached hydrogens (tertiary/aromatic N) is 1. The lowest BCUT2D eigenvalue weighted by molar-refractivity contribution is -0.907. The van der Waals surface area contributed by atoms with Crippen LogP contribution in [0.15, 0.2) is 42.5 Å². The number of hydrogen-bond acceptors (Lipinski definition) is 4. The first-order chi connectivity index (χ1) is 13.5. The molecule has 2 atom stereocenters. The second kappa shape index (κ2) is 9.05. The third kappa shape index (κ3) is 5.77. The lowest BCUT2D eigenvalue weighted by Crippen LogP contribution is -3.12. The van der Waals surface area contributed by atoms with Gasteiger partial charge >= 0.3 is 0 Å². The van der Waals surface area contributed by atoms with Gasteiger partial charge in [-0.25, -0.2) is 0 Å². The van der Waals surface area contributed by atoms with E-state index in [1.807, 2.05) is 14.0 Å². The number of non-ortho nitro benzene ring substituents is 1. The van der Waals surface area contributed by atoms with Gasteiger partial charge in [-0.05, 0) is 24.0 Å². The molecule has 0 aliphatic rings. The highest BCUT2D eigenvalue weighted by Gasteiger charge is 2.24. The molecule has 1 unspecified atom stereocenters. The van der Waals surface area contributed by atoms with Crippen LogP contribution in [0.25, 0.3) is 0 Å². The van der Waals surface area contributed by atoms with Crippen LogP contribution in [0.3, 0.4) is 0 Å². The predicted molar refractivity (Wildman–Crippen MR) is 113 cm³/mol. The van der Waals surface area contributed by atoms with Gasteiger partial charge in [0.25, 0.3) is 11.6 Å². The summed E-state index contributed by atoms with van der Waals surface area (Å²) in [6, 6.07) is 12.3. The van der Waals surface area contributed by atoms with Crippen molar-refractivity contribution in [3.8, 4) is 5.75 Å². The number of carbonyl (C=O) groups excluding carboxylic acids is 1. The molecule has 0 radical (unpaired) electrons. The summed E-state index contributed by atoms with van der Waals surface area (Å²) < 4.78 is 5.19. The molecule has 2 aromatic carbocycles. The quantitative estimate of drug-likeness (QED) is 0.553. The van der Waals surface area contributed by atoms with Crippen LogP contribution in [-0.4, -0.2) is 31.0 Å². The zero-order valence-electron chi connectivity index (χ0n) is 17.9. The maximum atomic E-state index is 12.7. The molecule has 0 bridgehead atoms. The summed E-state index contributed by atoms with van der Waals surface area (Å²) in [5, 5.41) is 13.7. The standard InChI is InChI=1S/C22H29N3O4/c1-15(24(5)14-16-7-9-17(10-8-16)22(2,3)4)21(26)23-19-12-11-18(25(27)28)13-20(19)29-6/h7-13,15H,14H2,1-6H3,(H,23,26)/p+1/t15-/m0/s1. The predicted octanol–water partition coefficient (Wildman–Crippen LogP) is 2.94. The minimum absolute atomic E-state index is 0.0886. The lowest BCUT2D eigenvalue weighted by Gasteiger charge is -2.23. The molecule has 1 amide bonds. The van der Waals surface area contributed by atoms with Gasteiger partial charge in [0.15, 0.2) is 6.04 Å². The highest BCUT2D eigenvalue weighted by Crippen LogP contribution is 2.29. The maximum Gasteiger partial charge on any atom is 0.282 e. The van der Waals surface area contributed by atoms with Gasteiger partial charge in [-0.3, -0.25) is 14.9 Å². The molecule has 0 aromatic heterocycles. The zero-order chi connectivity index (χ0) is 21.8. The number of ether oxygens (including phenoxy) is 1. The number of likely N-dealkylation sites (N-methyl/N-ethyl adjacent to an activating group) is 1. The van der Waals surface area contributed by atoms with Crippen LogP contribution in [0.4, 0.5) is 11.4 Å². The van der Waals surface area contributed by atoms with Crippen LogP contribution >= 0.6 is 0 Å². The van der Waals surface area contributed by atoms with E-state index in [-0.39, 0.29) is 28.8 Å². The van der Waals surface area contributed by atoms with E-state index in [1.165, 1.54) is 30.9 Å². The number of amides is 1. The number of benzene rings is 2. The number of nitrogens with one attached hydrogen (secondary N) is 2. The van der Waals surface area contributed by atoms with Crippen LogP contribution in [0.2, 0.25) is 0 Å². The first kappa shape index (κ1) is 22.4. The van der Waals surface area contributed by atoms with Crippen molar-refractivity contribution in [3.63, 3.8) is 0 Å². The van der Waals surface area contributed by atoms with Crippen molar-refractivity contribution in [3.05, 3.63) is 63.7 Å². The van der Waals surface area contributed by atoms with Crippen molar-refractivity contribution >= 4 is 17.3 Å². The fraction of sp³-hybridized carbons (Fsp3) is 0.409. The van der Waals surface area contributed by atoms with Crippen LogP contribution < -0.4 is 15.0 Å². The average Bonchev–Trinajstić information content (AvgIpc) is 2.67. The number of nitro groups is 1. The second-order valence-corrected chi connectivity index (χ2v) is 8.32. The van der Waals surface area contributed by atoms with E-state index in [0.717, 1.165) is 10.5 Å². The Morgan fingerprint density at radius 3 is 2.34 bits per heavy atom. The van der Waals surface area contributed by atoms with Crippen LogP contribution in [-0.2, 0) is 16.8 Å². The SMILES string of the molecule is COc1cc([N+](=O)[O-])ccc1NC(=O)[C@H](C)[NH+](C)Cc1ccc(C(C)(C)C)cc1. The van der Waals surface area contributed by atoms with Gasteiger partial charge in [-0.1, -0.05) is 45.0 Å². The Labute approximate surface area is 171 Å². The average molecular weight is 400 g/mol. The summed E-state index contributed by atoms with van der Waals surface area (Å²) >= 11 is 0. The number of quaternary nitrogens is 1. The Hall–Kier alpha value is -2.93. The number of carbonyl (C=O) groups is 1. The van der Waals surface area contributed by atoms with Gasteiger partial charge in [-0.15, -0.1) is 0 Å². The molecule has 0 spiro atoms. The number of rotatable bonds is 7. The molecular weight excluding hydrogens is 370 g/mol. The van der Waals surface area contributed by atoms with Gasteiger partial charge in [-0.2, -0.15) is 0 Å².